The van der Waals surface area contributed by atoms with E-state index in [4.69, 9.17) is 4.74 Å². The van der Waals surface area contributed by atoms with E-state index in [1.54, 1.807) is 6.92 Å². The van der Waals surface area contributed by atoms with Crippen LogP contribution in [0, 0.1) is 11.8 Å². The maximum atomic E-state index is 12.6. The van der Waals surface area contributed by atoms with Crippen LogP contribution in [0.5, 0.6) is 5.75 Å². The van der Waals surface area contributed by atoms with Crippen molar-refractivity contribution in [2.45, 2.75) is 39.5 Å². The molecule has 1 atom stereocenters. The maximum Gasteiger partial charge on any atom is 0.253 e. The second-order valence-electron chi connectivity index (χ2n) is 7.78. The van der Waals surface area contributed by atoms with Crippen molar-refractivity contribution in [3.63, 3.8) is 0 Å². The van der Waals surface area contributed by atoms with Gasteiger partial charge in [-0.1, -0.05) is 6.92 Å². The Bertz CT molecular complexity index is 621. The van der Waals surface area contributed by atoms with E-state index in [0.717, 1.165) is 63.2 Å². The van der Waals surface area contributed by atoms with Crippen LogP contribution in [0.2, 0.25) is 0 Å². The van der Waals surface area contributed by atoms with Crippen LogP contribution in [-0.4, -0.2) is 54.4 Å². The van der Waals surface area contributed by atoms with E-state index >= 15 is 0 Å². The fourth-order valence-electron chi connectivity index (χ4n) is 3.79. The van der Waals surface area contributed by atoms with Gasteiger partial charge in [0.25, 0.3) is 5.91 Å². The molecule has 0 N–H and O–H groups in total. The van der Waals surface area contributed by atoms with Gasteiger partial charge in [0.15, 0.2) is 0 Å². The molecule has 0 unspecified atom stereocenters. The number of hydrogen-bond acceptors (Lipinski definition) is 3. The monoisotopic (exact) mass is 358 g/mol. The minimum atomic E-state index is 0.118. The molecule has 2 amide bonds. The summed E-state index contributed by atoms with van der Waals surface area (Å²) in [6, 6.07) is 7.48. The van der Waals surface area contributed by atoms with Gasteiger partial charge in [-0.3, -0.25) is 9.59 Å². The lowest BCUT2D eigenvalue weighted by Crippen LogP contribution is -2.40. The lowest BCUT2D eigenvalue weighted by Gasteiger charge is -2.32. The lowest BCUT2D eigenvalue weighted by molar-refractivity contribution is -0.130. The summed E-state index contributed by atoms with van der Waals surface area (Å²) in [6.07, 6.45) is 4.31. The van der Waals surface area contributed by atoms with Crippen molar-refractivity contribution in [3.8, 4) is 5.75 Å². The summed E-state index contributed by atoms with van der Waals surface area (Å²) in [6.45, 7) is 7.83. The van der Waals surface area contributed by atoms with Crippen LogP contribution < -0.4 is 4.74 Å². The van der Waals surface area contributed by atoms with Crippen molar-refractivity contribution < 1.29 is 14.3 Å². The molecule has 0 aromatic heterocycles. The first kappa shape index (κ1) is 18.7. The largest absolute Gasteiger partial charge is 0.493 e. The molecule has 2 aliphatic rings. The van der Waals surface area contributed by atoms with E-state index in [2.05, 4.69) is 6.92 Å². The van der Waals surface area contributed by atoms with E-state index in [0.29, 0.717) is 18.4 Å². The van der Waals surface area contributed by atoms with Crippen molar-refractivity contribution in [3.05, 3.63) is 29.8 Å². The Morgan fingerprint density at radius 1 is 1.04 bits per heavy atom. The van der Waals surface area contributed by atoms with E-state index in [1.807, 2.05) is 34.1 Å². The standard InChI is InChI=1S/C21H30N2O3/c1-16-9-12-22(13-10-16)21(25)19-5-7-20(8-6-19)26-15-18-4-3-11-23(14-18)17(2)24/h5-8,16,18H,3-4,9-15H2,1-2H3/t18-/m1/s1. The Labute approximate surface area is 156 Å². The van der Waals surface area contributed by atoms with Gasteiger partial charge in [-0.05, 0) is 55.9 Å². The quantitative estimate of drug-likeness (QED) is 0.830. The molecule has 1 aromatic carbocycles. The molecule has 2 aliphatic heterocycles. The number of benzene rings is 1. The molecule has 2 heterocycles. The number of hydrogen-bond donors (Lipinski definition) is 0. The molecule has 26 heavy (non-hydrogen) atoms. The Balaban J connectivity index is 1.50. The summed E-state index contributed by atoms with van der Waals surface area (Å²) < 4.78 is 5.90. The Kier molecular flexibility index (Phi) is 6.17. The summed E-state index contributed by atoms with van der Waals surface area (Å²) in [7, 11) is 0. The molecular formula is C21H30N2O3. The summed E-state index contributed by atoms with van der Waals surface area (Å²) in [5, 5.41) is 0. The van der Waals surface area contributed by atoms with Gasteiger partial charge < -0.3 is 14.5 Å². The highest BCUT2D eigenvalue weighted by Crippen LogP contribution is 2.21. The highest BCUT2D eigenvalue weighted by molar-refractivity contribution is 5.94. The summed E-state index contributed by atoms with van der Waals surface area (Å²) in [5.74, 6) is 2.14. The second-order valence-corrected chi connectivity index (χ2v) is 7.78. The minimum Gasteiger partial charge on any atom is -0.493 e. The number of carbonyl (C=O) groups is 2. The smallest absolute Gasteiger partial charge is 0.253 e. The van der Waals surface area contributed by atoms with Crippen molar-refractivity contribution in [1.29, 1.82) is 0 Å². The minimum absolute atomic E-state index is 0.118. The Hall–Kier alpha value is -2.04. The van der Waals surface area contributed by atoms with Crippen LogP contribution in [0.4, 0.5) is 0 Å². The highest BCUT2D eigenvalue weighted by Gasteiger charge is 2.23. The van der Waals surface area contributed by atoms with Gasteiger partial charge in [0, 0.05) is 44.6 Å². The molecule has 5 nitrogen and oxygen atoms in total. The summed E-state index contributed by atoms with van der Waals surface area (Å²) in [5.41, 5.74) is 0.729. The van der Waals surface area contributed by atoms with Crippen LogP contribution in [0.15, 0.2) is 24.3 Å². The molecule has 5 heteroatoms. The summed E-state index contributed by atoms with van der Waals surface area (Å²) in [4.78, 5) is 27.9. The molecule has 3 rings (SSSR count). The Morgan fingerprint density at radius 2 is 1.73 bits per heavy atom. The third-order valence-electron chi connectivity index (χ3n) is 5.62. The third kappa shape index (κ3) is 4.77. The van der Waals surface area contributed by atoms with Crippen molar-refractivity contribution in [2.75, 3.05) is 32.8 Å². The fourth-order valence-corrected chi connectivity index (χ4v) is 3.79. The normalized spacial score (nSPS) is 21.5. The molecule has 2 fully saturated rings. The van der Waals surface area contributed by atoms with Crippen LogP contribution in [-0.2, 0) is 4.79 Å². The number of carbonyl (C=O) groups excluding carboxylic acids is 2. The van der Waals surface area contributed by atoms with Crippen LogP contribution >= 0.6 is 0 Å². The van der Waals surface area contributed by atoms with Crippen LogP contribution in [0.25, 0.3) is 0 Å². The average Bonchev–Trinajstić information content (AvgIpc) is 2.67. The first-order chi connectivity index (χ1) is 12.5. The maximum absolute atomic E-state index is 12.6. The topological polar surface area (TPSA) is 49.9 Å². The molecule has 0 aliphatic carbocycles. The molecule has 142 valence electrons. The molecule has 0 saturated carbocycles. The molecule has 1 aromatic rings. The van der Waals surface area contributed by atoms with E-state index < -0.39 is 0 Å². The predicted molar refractivity (Wildman–Crippen MR) is 101 cm³/mol. The van der Waals surface area contributed by atoms with E-state index in [1.165, 1.54) is 0 Å². The summed E-state index contributed by atoms with van der Waals surface area (Å²) >= 11 is 0. The molecule has 2 saturated heterocycles. The zero-order valence-electron chi connectivity index (χ0n) is 15.9. The lowest BCUT2D eigenvalue weighted by atomic mass is 9.98. The molecule has 0 bridgehead atoms. The zero-order chi connectivity index (χ0) is 18.5. The SMILES string of the molecule is CC(=O)N1CCC[C@@H](COc2ccc(C(=O)N3CCC(C)CC3)cc2)C1. The van der Waals surface area contributed by atoms with Gasteiger partial charge in [0.05, 0.1) is 6.61 Å². The van der Waals surface area contributed by atoms with Crippen molar-refractivity contribution in [2.24, 2.45) is 11.8 Å². The van der Waals surface area contributed by atoms with Gasteiger partial charge >= 0.3 is 0 Å². The number of likely N-dealkylation sites (tertiary alicyclic amines) is 2. The molecular weight excluding hydrogens is 328 g/mol. The van der Waals surface area contributed by atoms with Crippen molar-refractivity contribution >= 4 is 11.8 Å². The number of piperidine rings is 2. The predicted octanol–water partition coefficient (Wildman–Crippen LogP) is 3.20. The van der Waals surface area contributed by atoms with Crippen molar-refractivity contribution in [1.82, 2.24) is 9.80 Å². The number of amides is 2. The van der Waals surface area contributed by atoms with Gasteiger partial charge in [-0.15, -0.1) is 0 Å². The fraction of sp³-hybridized carbons (Fsp3) is 0.619. The second kappa shape index (κ2) is 8.56. The third-order valence-corrected chi connectivity index (χ3v) is 5.62. The van der Waals surface area contributed by atoms with Gasteiger partial charge in [0.2, 0.25) is 5.91 Å². The van der Waals surface area contributed by atoms with Gasteiger partial charge in [0.1, 0.15) is 5.75 Å². The average molecular weight is 358 g/mol. The molecule has 0 spiro atoms. The zero-order valence-corrected chi connectivity index (χ0v) is 15.9. The van der Waals surface area contributed by atoms with Crippen LogP contribution in [0.3, 0.4) is 0 Å². The number of rotatable bonds is 4. The Morgan fingerprint density at radius 3 is 2.38 bits per heavy atom. The van der Waals surface area contributed by atoms with Gasteiger partial charge in [-0.25, -0.2) is 0 Å². The first-order valence-corrected chi connectivity index (χ1v) is 9.80. The van der Waals surface area contributed by atoms with Gasteiger partial charge in [-0.2, -0.15) is 0 Å². The molecule has 0 radical (unpaired) electrons. The number of nitrogens with zero attached hydrogens (tertiary/aromatic N) is 2. The first-order valence-electron chi connectivity index (χ1n) is 9.80. The van der Waals surface area contributed by atoms with Crippen LogP contribution in [0.1, 0.15) is 49.9 Å². The highest BCUT2D eigenvalue weighted by atomic mass is 16.5. The number of ether oxygens (including phenoxy) is 1. The van der Waals surface area contributed by atoms with E-state index in [9.17, 15) is 9.59 Å². The van der Waals surface area contributed by atoms with E-state index in [-0.39, 0.29) is 11.8 Å².